The molecule has 0 radical (unpaired) electrons. The fraction of sp³-hybridized carbons (Fsp3) is 0.278. The molecule has 11 heteroatoms. The lowest BCUT2D eigenvalue weighted by Gasteiger charge is -2.25. The smallest absolute Gasteiger partial charge is 0.271 e. The predicted octanol–water partition coefficient (Wildman–Crippen LogP) is 2.99. The van der Waals surface area contributed by atoms with Gasteiger partial charge in [0, 0.05) is 30.2 Å². The first-order chi connectivity index (χ1) is 14.0. The van der Waals surface area contributed by atoms with Crippen LogP contribution in [0.4, 0.5) is 0 Å². The van der Waals surface area contributed by atoms with Gasteiger partial charge >= 0.3 is 0 Å². The predicted molar refractivity (Wildman–Crippen MR) is 112 cm³/mol. The molecule has 3 aromatic rings. The summed E-state index contributed by atoms with van der Waals surface area (Å²) in [7, 11) is -3.61. The van der Waals surface area contributed by atoms with Crippen molar-refractivity contribution < 1.29 is 13.2 Å². The maximum Gasteiger partial charge on any atom is 0.271 e. The molecule has 1 N–H and O–H groups in total. The topological polar surface area (TPSA) is 96.1 Å². The molecule has 4 rings (SSSR count). The van der Waals surface area contributed by atoms with Crippen molar-refractivity contribution in [3.8, 4) is 0 Å². The van der Waals surface area contributed by atoms with Crippen LogP contribution in [-0.4, -0.2) is 47.3 Å². The minimum Gasteiger partial charge on any atom is -0.288 e. The number of aromatic nitrogens is 2. The van der Waals surface area contributed by atoms with E-state index in [0.29, 0.717) is 18.8 Å². The van der Waals surface area contributed by atoms with Crippen molar-refractivity contribution >= 4 is 50.0 Å². The zero-order valence-corrected chi connectivity index (χ0v) is 17.7. The van der Waals surface area contributed by atoms with Gasteiger partial charge in [0.2, 0.25) is 10.0 Å². The Morgan fingerprint density at radius 3 is 2.86 bits per heavy atom. The monoisotopic (exact) mass is 451 g/mol. The summed E-state index contributed by atoms with van der Waals surface area (Å²) in [6.07, 6.45) is 5.94. The number of fused-ring (bicyclic) bond motifs is 1. The third-order valence-corrected chi connectivity index (χ3v) is 7.59. The molecule has 152 valence electrons. The van der Waals surface area contributed by atoms with Gasteiger partial charge in [0.05, 0.1) is 11.1 Å². The highest BCUT2D eigenvalue weighted by Gasteiger charge is 2.26. The second kappa shape index (κ2) is 8.23. The Morgan fingerprint density at radius 1 is 1.28 bits per heavy atom. The minimum absolute atomic E-state index is 0.106. The number of hydrazone groups is 1. The highest BCUT2D eigenvalue weighted by Crippen LogP contribution is 2.22. The Hall–Kier alpha value is -2.27. The minimum atomic E-state index is -3.61. The van der Waals surface area contributed by atoms with Gasteiger partial charge in [-0.15, -0.1) is 11.3 Å². The van der Waals surface area contributed by atoms with E-state index in [1.807, 2.05) is 5.38 Å². The number of thiazole rings is 1. The summed E-state index contributed by atoms with van der Waals surface area (Å²) in [5.74, 6) is -0.515. The van der Waals surface area contributed by atoms with Crippen LogP contribution in [0.1, 0.15) is 35.3 Å². The van der Waals surface area contributed by atoms with Crippen LogP contribution in [0, 0.1) is 0 Å². The molecule has 0 bridgehead atoms. The van der Waals surface area contributed by atoms with Gasteiger partial charge in [-0.2, -0.15) is 9.41 Å². The molecule has 0 atom stereocenters. The number of imidazole rings is 1. The SMILES string of the molecule is O=C(N/N=C/c1c(Cl)nc2sccn12)c1cccc(S(=O)(=O)N2CCCCC2)c1. The molecule has 1 aromatic carbocycles. The summed E-state index contributed by atoms with van der Waals surface area (Å²) >= 11 is 7.52. The highest BCUT2D eigenvalue weighted by atomic mass is 35.5. The summed E-state index contributed by atoms with van der Waals surface area (Å²) in [5.41, 5.74) is 3.16. The van der Waals surface area contributed by atoms with Crippen LogP contribution in [-0.2, 0) is 10.0 Å². The van der Waals surface area contributed by atoms with E-state index in [2.05, 4.69) is 15.5 Å². The lowest BCUT2D eigenvalue weighted by Crippen LogP contribution is -2.35. The van der Waals surface area contributed by atoms with Crippen molar-refractivity contribution in [3.63, 3.8) is 0 Å². The van der Waals surface area contributed by atoms with Gasteiger partial charge in [-0.25, -0.2) is 18.8 Å². The number of sulfonamides is 1. The lowest BCUT2D eigenvalue weighted by atomic mass is 10.2. The number of carbonyl (C=O) groups excluding carboxylic acids is 1. The zero-order valence-electron chi connectivity index (χ0n) is 15.3. The molecule has 0 unspecified atom stereocenters. The molecule has 1 aliphatic rings. The van der Waals surface area contributed by atoms with Gasteiger partial charge in [0.1, 0.15) is 5.69 Å². The van der Waals surface area contributed by atoms with Crippen LogP contribution in [0.25, 0.3) is 4.96 Å². The average molecular weight is 452 g/mol. The Bertz CT molecular complexity index is 1180. The molecule has 2 aromatic heterocycles. The molecule has 0 aliphatic carbocycles. The molecule has 3 heterocycles. The number of carbonyl (C=O) groups is 1. The zero-order chi connectivity index (χ0) is 20.4. The number of hydrogen-bond donors (Lipinski definition) is 1. The van der Waals surface area contributed by atoms with Crippen molar-refractivity contribution in [1.29, 1.82) is 0 Å². The molecule has 1 amide bonds. The number of nitrogens with one attached hydrogen (secondary N) is 1. The Kier molecular flexibility index (Phi) is 5.68. The van der Waals surface area contributed by atoms with Gasteiger partial charge in [-0.3, -0.25) is 9.20 Å². The quantitative estimate of drug-likeness (QED) is 0.476. The van der Waals surface area contributed by atoms with Crippen LogP contribution >= 0.6 is 22.9 Å². The lowest BCUT2D eigenvalue weighted by molar-refractivity contribution is 0.0955. The molecule has 0 saturated carbocycles. The number of amides is 1. The van der Waals surface area contributed by atoms with Crippen molar-refractivity contribution in [2.24, 2.45) is 5.10 Å². The number of hydrogen-bond acceptors (Lipinski definition) is 6. The van der Waals surface area contributed by atoms with E-state index in [1.54, 1.807) is 22.7 Å². The van der Waals surface area contributed by atoms with E-state index >= 15 is 0 Å². The average Bonchev–Trinajstić information content (AvgIpc) is 3.30. The van der Waals surface area contributed by atoms with E-state index in [9.17, 15) is 13.2 Å². The Labute approximate surface area is 176 Å². The largest absolute Gasteiger partial charge is 0.288 e. The number of rotatable bonds is 5. The Morgan fingerprint density at radius 2 is 2.07 bits per heavy atom. The third kappa shape index (κ3) is 4.06. The fourth-order valence-corrected chi connectivity index (χ4v) is 5.72. The number of benzene rings is 1. The van der Waals surface area contributed by atoms with Crippen molar-refractivity contribution in [2.75, 3.05) is 13.1 Å². The summed E-state index contributed by atoms with van der Waals surface area (Å²) < 4.78 is 28.8. The Balaban J connectivity index is 1.50. The molecular formula is C18H18ClN5O3S2. The summed E-state index contributed by atoms with van der Waals surface area (Å²) in [5, 5.41) is 6.08. The van der Waals surface area contributed by atoms with Crippen molar-refractivity contribution in [1.82, 2.24) is 19.1 Å². The fourth-order valence-electron chi connectivity index (χ4n) is 3.16. The molecule has 1 saturated heterocycles. The van der Waals surface area contributed by atoms with Crippen LogP contribution in [0.2, 0.25) is 5.15 Å². The number of piperidine rings is 1. The molecule has 29 heavy (non-hydrogen) atoms. The first-order valence-corrected chi connectivity index (χ1v) is 11.7. The van der Waals surface area contributed by atoms with Crippen molar-refractivity contribution in [2.45, 2.75) is 24.2 Å². The van der Waals surface area contributed by atoms with Gasteiger partial charge in [0.25, 0.3) is 5.91 Å². The van der Waals surface area contributed by atoms with Gasteiger partial charge in [-0.05, 0) is 31.0 Å². The maximum atomic E-state index is 12.8. The molecule has 0 spiro atoms. The maximum absolute atomic E-state index is 12.8. The normalized spacial score (nSPS) is 15.9. The van der Waals surface area contributed by atoms with Crippen LogP contribution < -0.4 is 5.43 Å². The van der Waals surface area contributed by atoms with E-state index in [1.165, 1.54) is 34.0 Å². The standard InChI is InChI=1S/C18H18ClN5O3S2/c19-16-15(24-9-10-28-18(24)21-16)12-20-22-17(25)13-5-4-6-14(11-13)29(26,27)23-7-2-1-3-8-23/h4-6,9-12H,1-3,7-8H2,(H,22,25)/b20-12+. The first kappa shape index (κ1) is 20.0. The summed E-state index contributed by atoms with van der Waals surface area (Å²) in [6, 6.07) is 5.97. The third-order valence-electron chi connectivity index (χ3n) is 4.66. The van der Waals surface area contributed by atoms with E-state index < -0.39 is 15.9 Å². The van der Waals surface area contributed by atoms with Crippen LogP contribution in [0.3, 0.4) is 0 Å². The van der Waals surface area contributed by atoms with Gasteiger partial charge < -0.3 is 0 Å². The first-order valence-electron chi connectivity index (χ1n) is 9.01. The van der Waals surface area contributed by atoms with Crippen LogP contribution in [0.5, 0.6) is 0 Å². The molecule has 1 aliphatic heterocycles. The summed E-state index contributed by atoms with van der Waals surface area (Å²) in [6.45, 7) is 1.01. The molecular weight excluding hydrogens is 434 g/mol. The number of nitrogens with zero attached hydrogens (tertiary/aromatic N) is 4. The van der Waals surface area contributed by atoms with E-state index in [-0.39, 0.29) is 15.6 Å². The highest BCUT2D eigenvalue weighted by molar-refractivity contribution is 7.89. The van der Waals surface area contributed by atoms with E-state index in [0.717, 1.165) is 24.2 Å². The molecule has 1 fully saturated rings. The number of halogens is 1. The van der Waals surface area contributed by atoms with E-state index in [4.69, 9.17) is 11.6 Å². The van der Waals surface area contributed by atoms with Gasteiger partial charge in [0.15, 0.2) is 10.1 Å². The second-order valence-electron chi connectivity index (χ2n) is 6.54. The molecule has 8 nitrogen and oxygen atoms in total. The second-order valence-corrected chi connectivity index (χ2v) is 9.70. The summed E-state index contributed by atoms with van der Waals surface area (Å²) in [4.78, 5) is 17.5. The van der Waals surface area contributed by atoms with Gasteiger partial charge in [-0.1, -0.05) is 24.1 Å². The van der Waals surface area contributed by atoms with Crippen LogP contribution in [0.15, 0.2) is 45.8 Å². The van der Waals surface area contributed by atoms with Crippen molar-refractivity contribution in [3.05, 3.63) is 52.3 Å².